The Balaban J connectivity index is 0.00000181. The van der Waals surface area contributed by atoms with Gasteiger partial charge in [0.05, 0.1) is 41.3 Å². The smallest absolute Gasteiger partial charge is 0.300 e. The van der Waals surface area contributed by atoms with Gasteiger partial charge in [0, 0.05) is 46.2 Å². The fourth-order valence-electron chi connectivity index (χ4n) is 6.10. The molecule has 2 heterocycles. The number of nitrogens with zero attached hydrogens (tertiary/aromatic N) is 5. The predicted octanol–water partition coefficient (Wildman–Crippen LogP) is 3.59. The number of rotatable bonds is 20. The van der Waals surface area contributed by atoms with Crippen LogP contribution in [0, 0.1) is 0 Å². The van der Waals surface area contributed by atoms with Gasteiger partial charge in [0.1, 0.15) is 0 Å². The number of fused-ring (bicyclic) bond motifs is 1. The summed E-state index contributed by atoms with van der Waals surface area (Å²) in [5, 5.41) is 7.42. The van der Waals surface area contributed by atoms with Crippen LogP contribution in [0.15, 0.2) is 12.1 Å². The van der Waals surface area contributed by atoms with E-state index in [0.29, 0.717) is 24.1 Å². The van der Waals surface area contributed by atoms with Crippen molar-refractivity contribution in [2.24, 2.45) is 0 Å². The first-order valence-electron chi connectivity index (χ1n) is 17.1. The summed E-state index contributed by atoms with van der Waals surface area (Å²) >= 11 is 0. The van der Waals surface area contributed by atoms with Gasteiger partial charge in [-0.05, 0) is 82.3 Å². The van der Waals surface area contributed by atoms with E-state index < -0.39 is 5.97 Å². The zero-order chi connectivity index (χ0) is 35.0. The van der Waals surface area contributed by atoms with E-state index in [1.165, 1.54) is 5.56 Å². The van der Waals surface area contributed by atoms with E-state index in [4.69, 9.17) is 24.1 Å². The quantitative estimate of drug-likeness (QED) is 0.127. The summed E-state index contributed by atoms with van der Waals surface area (Å²) in [6.45, 7) is 10.2. The lowest BCUT2D eigenvalue weighted by molar-refractivity contribution is -0.870. The molecule has 3 rings (SSSR count). The van der Waals surface area contributed by atoms with Crippen LogP contribution in [-0.4, -0.2) is 155 Å². The van der Waals surface area contributed by atoms with Crippen molar-refractivity contribution in [3.05, 3.63) is 17.7 Å². The Hall–Kier alpha value is -3.09. The van der Waals surface area contributed by atoms with Crippen molar-refractivity contribution in [1.29, 1.82) is 0 Å². The minimum atomic E-state index is -0.833. The second-order valence-corrected chi connectivity index (χ2v) is 14.0. The molecule has 47 heavy (non-hydrogen) atoms. The van der Waals surface area contributed by atoms with Gasteiger partial charge in [-0.2, -0.15) is 0 Å². The molecule has 2 aliphatic rings. The molecule has 0 spiro atoms. The van der Waals surface area contributed by atoms with Gasteiger partial charge in [0.15, 0.2) is 11.5 Å². The molecule has 0 aliphatic carbocycles. The van der Waals surface area contributed by atoms with Crippen molar-refractivity contribution in [1.82, 2.24) is 19.6 Å². The molecule has 1 aromatic carbocycles. The number of likely N-dealkylation sites (tertiary alicyclic amines) is 1. The highest BCUT2D eigenvalue weighted by Crippen LogP contribution is 2.45. The number of amides is 2. The zero-order valence-corrected chi connectivity index (χ0v) is 30.3. The first kappa shape index (κ1) is 40.1. The molecule has 0 saturated carbocycles. The van der Waals surface area contributed by atoms with Gasteiger partial charge in [0.2, 0.25) is 24.9 Å². The van der Waals surface area contributed by atoms with Crippen LogP contribution in [0.1, 0.15) is 70.3 Å². The minimum Gasteiger partial charge on any atom is -0.493 e. The molecule has 1 saturated heterocycles. The maximum absolute atomic E-state index is 13.8. The van der Waals surface area contributed by atoms with Crippen molar-refractivity contribution in [3.63, 3.8) is 0 Å². The average Bonchev–Trinajstić information content (AvgIpc) is 3.65. The van der Waals surface area contributed by atoms with Crippen LogP contribution in [0.5, 0.6) is 17.2 Å². The van der Waals surface area contributed by atoms with Gasteiger partial charge < -0.3 is 38.5 Å². The van der Waals surface area contributed by atoms with Crippen molar-refractivity contribution in [2.45, 2.75) is 70.8 Å². The molecule has 12 nitrogen and oxygen atoms in total. The molecular formula is C35H62N5O7+. The third kappa shape index (κ3) is 14.7. The van der Waals surface area contributed by atoms with Crippen LogP contribution in [0.2, 0.25) is 0 Å². The summed E-state index contributed by atoms with van der Waals surface area (Å²) in [4.78, 5) is 42.3. The summed E-state index contributed by atoms with van der Waals surface area (Å²) in [7, 11) is 12.3. The van der Waals surface area contributed by atoms with E-state index in [1.54, 1.807) is 12.0 Å². The number of carbonyl (C=O) groups is 3. The van der Waals surface area contributed by atoms with Crippen LogP contribution in [0.25, 0.3) is 0 Å². The normalized spacial score (nSPS) is 17.3. The summed E-state index contributed by atoms with van der Waals surface area (Å²) < 4.78 is 18.0. The highest BCUT2D eigenvalue weighted by atomic mass is 16.7. The number of carbonyl (C=O) groups excluding carboxylic acids is 2. The summed E-state index contributed by atoms with van der Waals surface area (Å²) in [5.74, 6) is 1.81. The number of carboxylic acid groups (broad SMARTS) is 1. The Morgan fingerprint density at radius 1 is 1.04 bits per heavy atom. The number of carboxylic acids is 1. The molecule has 2 atom stereocenters. The summed E-state index contributed by atoms with van der Waals surface area (Å²) in [6, 6.07) is 4.48. The molecule has 2 aliphatic heterocycles. The third-order valence-electron chi connectivity index (χ3n) is 8.73. The van der Waals surface area contributed by atoms with E-state index >= 15 is 0 Å². The predicted molar refractivity (Wildman–Crippen MR) is 184 cm³/mol. The van der Waals surface area contributed by atoms with Gasteiger partial charge in [-0.1, -0.05) is 13.3 Å². The number of aliphatic carboxylic acids is 1. The van der Waals surface area contributed by atoms with E-state index in [0.717, 1.165) is 114 Å². The summed E-state index contributed by atoms with van der Waals surface area (Å²) in [6.07, 6.45) is 8.07. The maximum Gasteiger partial charge on any atom is 0.300 e. The highest BCUT2D eigenvalue weighted by molar-refractivity contribution is 5.78. The van der Waals surface area contributed by atoms with Crippen LogP contribution in [0.3, 0.4) is 0 Å². The van der Waals surface area contributed by atoms with E-state index in [-0.39, 0.29) is 18.6 Å². The van der Waals surface area contributed by atoms with Crippen molar-refractivity contribution < 1.29 is 38.2 Å². The Kier molecular flexibility index (Phi) is 17.3. The number of hydrogen-bond donors (Lipinski definition) is 1. The molecule has 0 radical (unpaired) electrons. The molecule has 2 amide bonds. The monoisotopic (exact) mass is 664 g/mol. The first-order chi connectivity index (χ1) is 22.3. The SMILES string of the molecule is CC(=O)O.CCCCN(CCCC[N+](C)(C)C)C(=O)CN1CC(c2cc(OC)c3c(c2)OCO3)CC1CCN(C)CCCN(C)C=O. The standard InChI is InChI=1S/C33H58N5O5.C2H4O2/c1-8-9-16-36(17-10-11-19-38(4,5)6)32(40)24-37-23-28(27-21-30(41-7)33-31(22-27)42-26-43-33)20-29(37)13-18-34(2)14-12-15-35(3)25-39;1-2(3)4/h21-22,25,28-29H,8-20,23-24,26H2,1-7H3;1H3,(H,3,4)/q+1;. The van der Waals surface area contributed by atoms with Crippen LogP contribution in [-0.2, 0) is 14.4 Å². The van der Waals surface area contributed by atoms with Gasteiger partial charge in [-0.25, -0.2) is 0 Å². The zero-order valence-electron chi connectivity index (χ0n) is 30.3. The Morgan fingerprint density at radius 2 is 1.74 bits per heavy atom. The van der Waals surface area contributed by atoms with Crippen molar-refractivity contribution in [2.75, 3.05) is 101 Å². The fraction of sp³-hybridized carbons (Fsp3) is 0.743. The van der Waals surface area contributed by atoms with E-state index in [2.05, 4.69) is 61.9 Å². The number of benzene rings is 1. The Bertz CT molecular complexity index is 1110. The van der Waals surface area contributed by atoms with Crippen LogP contribution < -0.4 is 14.2 Å². The molecule has 0 bridgehead atoms. The number of ether oxygens (including phenoxy) is 3. The molecule has 1 fully saturated rings. The third-order valence-corrected chi connectivity index (χ3v) is 8.73. The molecule has 0 aromatic heterocycles. The lowest BCUT2D eigenvalue weighted by atomic mass is 9.94. The second-order valence-electron chi connectivity index (χ2n) is 14.0. The number of quaternary nitrogens is 1. The topological polar surface area (TPSA) is 112 Å². The molecule has 1 N–H and O–H groups in total. The summed E-state index contributed by atoms with van der Waals surface area (Å²) in [5.41, 5.74) is 1.18. The molecule has 12 heteroatoms. The van der Waals surface area contributed by atoms with Gasteiger partial charge >= 0.3 is 0 Å². The first-order valence-corrected chi connectivity index (χ1v) is 17.1. The number of methoxy groups -OCH3 is 1. The molecule has 1 aromatic rings. The van der Waals surface area contributed by atoms with Gasteiger partial charge in [-0.15, -0.1) is 0 Å². The van der Waals surface area contributed by atoms with Crippen molar-refractivity contribution >= 4 is 18.3 Å². The van der Waals surface area contributed by atoms with Crippen LogP contribution >= 0.6 is 0 Å². The second kappa shape index (κ2) is 20.3. The minimum absolute atomic E-state index is 0.209. The molecule has 268 valence electrons. The highest BCUT2D eigenvalue weighted by Gasteiger charge is 2.36. The molecular weight excluding hydrogens is 602 g/mol. The van der Waals surface area contributed by atoms with E-state index in [9.17, 15) is 9.59 Å². The Labute approximate surface area is 283 Å². The lowest BCUT2D eigenvalue weighted by Crippen LogP contribution is -2.44. The largest absolute Gasteiger partial charge is 0.493 e. The van der Waals surface area contributed by atoms with Crippen LogP contribution in [0.4, 0.5) is 0 Å². The Morgan fingerprint density at radius 3 is 2.38 bits per heavy atom. The van der Waals surface area contributed by atoms with Crippen molar-refractivity contribution in [3.8, 4) is 17.2 Å². The maximum atomic E-state index is 13.8. The van der Waals surface area contributed by atoms with E-state index in [1.807, 2.05) is 7.05 Å². The average molecular weight is 665 g/mol. The van der Waals surface area contributed by atoms with Gasteiger partial charge in [-0.3, -0.25) is 19.3 Å². The number of hydrogen-bond acceptors (Lipinski definition) is 8. The fourth-order valence-corrected chi connectivity index (χ4v) is 6.10. The molecule has 2 unspecified atom stereocenters. The lowest BCUT2D eigenvalue weighted by Gasteiger charge is -2.30. The number of unbranched alkanes of at least 4 members (excludes halogenated alkanes) is 2. The van der Waals surface area contributed by atoms with Gasteiger partial charge in [0.25, 0.3) is 5.97 Å².